The van der Waals surface area contributed by atoms with Crippen molar-refractivity contribution in [3.05, 3.63) is 35.4 Å². The summed E-state index contributed by atoms with van der Waals surface area (Å²) >= 11 is 2.05. The van der Waals surface area contributed by atoms with Crippen molar-refractivity contribution < 1.29 is 9.59 Å². The largest absolute Gasteiger partial charge is 0.354 e. The molecule has 24 heavy (non-hydrogen) atoms. The van der Waals surface area contributed by atoms with Gasteiger partial charge in [0.25, 0.3) is 5.91 Å². The molecule has 0 unspecified atom stereocenters. The summed E-state index contributed by atoms with van der Waals surface area (Å²) < 4.78 is 0. The third kappa shape index (κ3) is 4.53. The van der Waals surface area contributed by atoms with Crippen molar-refractivity contribution in [2.75, 3.05) is 12.3 Å². The minimum Gasteiger partial charge on any atom is -0.354 e. The number of rotatable bonds is 6. The number of thioether (sulfide) groups is 1. The summed E-state index contributed by atoms with van der Waals surface area (Å²) in [6.07, 6.45) is 8.40. The molecule has 0 aromatic heterocycles. The normalized spacial score (nSPS) is 21.0. The van der Waals surface area contributed by atoms with Gasteiger partial charge in [0.2, 0.25) is 5.91 Å². The number of benzene rings is 1. The fourth-order valence-corrected chi connectivity index (χ4v) is 4.78. The highest BCUT2D eigenvalue weighted by Gasteiger charge is 2.28. The molecule has 1 atom stereocenters. The standard InChI is InChI=1S/C19H26N2O2S/c22-18-16-10-5-4-7-14(16)13-17(21-18)19(23)20-11-6-12-24-15-8-2-1-3-9-15/h4-5,7,10,15,17H,1-3,6,8-9,11-13H2,(H,20,23)(H,21,22)/t17-/m1/s1. The number of hydrogen-bond acceptors (Lipinski definition) is 3. The van der Waals surface area contributed by atoms with Crippen molar-refractivity contribution in [2.45, 2.75) is 56.2 Å². The molecule has 0 saturated heterocycles. The maximum Gasteiger partial charge on any atom is 0.252 e. The number of carbonyl (C=O) groups is 2. The van der Waals surface area contributed by atoms with Crippen LogP contribution < -0.4 is 10.6 Å². The first-order valence-corrected chi connectivity index (χ1v) is 10.1. The Morgan fingerprint density at radius 1 is 1.21 bits per heavy atom. The molecule has 2 N–H and O–H groups in total. The molecule has 1 fully saturated rings. The van der Waals surface area contributed by atoms with Crippen LogP contribution in [0.4, 0.5) is 0 Å². The Labute approximate surface area is 148 Å². The van der Waals surface area contributed by atoms with Gasteiger partial charge in [0, 0.05) is 23.8 Å². The summed E-state index contributed by atoms with van der Waals surface area (Å²) in [6.45, 7) is 0.687. The smallest absolute Gasteiger partial charge is 0.252 e. The second-order valence-corrected chi connectivity index (χ2v) is 8.07. The molecule has 4 nitrogen and oxygen atoms in total. The molecule has 1 heterocycles. The van der Waals surface area contributed by atoms with Crippen LogP contribution in [0.2, 0.25) is 0 Å². The van der Waals surface area contributed by atoms with Gasteiger partial charge in [-0.25, -0.2) is 0 Å². The van der Waals surface area contributed by atoms with E-state index in [-0.39, 0.29) is 11.8 Å². The highest BCUT2D eigenvalue weighted by atomic mass is 32.2. The van der Waals surface area contributed by atoms with Gasteiger partial charge in [0.05, 0.1) is 0 Å². The fraction of sp³-hybridized carbons (Fsp3) is 0.579. The van der Waals surface area contributed by atoms with Crippen molar-refractivity contribution >= 4 is 23.6 Å². The van der Waals surface area contributed by atoms with Crippen LogP contribution in [-0.2, 0) is 11.2 Å². The Morgan fingerprint density at radius 2 is 2.00 bits per heavy atom. The summed E-state index contributed by atoms with van der Waals surface area (Å²) in [5.74, 6) is 0.885. The van der Waals surface area contributed by atoms with Crippen LogP contribution in [0.3, 0.4) is 0 Å². The van der Waals surface area contributed by atoms with Crippen molar-refractivity contribution in [1.29, 1.82) is 0 Å². The van der Waals surface area contributed by atoms with E-state index >= 15 is 0 Å². The third-order valence-electron chi connectivity index (χ3n) is 4.83. The zero-order chi connectivity index (χ0) is 16.8. The molecule has 2 aliphatic rings. The van der Waals surface area contributed by atoms with E-state index < -0.39 is 6.04 Å². The molecule has 130 valence electrons. The van der Waals surface area contributed by atoms with E-state index in [0.717, 1.165) is 23.0 Å². The average molecular weight is 346 g/mol. The topological polar surface area (TPSA) is 58.2 Å². The number of fused-ring (bicyclic) bond motifs is 1. The van der Waals surface area contributed by atoms with Crippen LogP contribution in [-0.4, -0.2) is 35.4 Å². The highest BCUT2D eigenvalue weighted by Crippen LogP contribution is 2.28. The molecule has 0 radical (unpaired) electrons. The van der Waals surface area contributed by atoms with Crippen molar-refractivity contribution in [3.8, 4) is 0 Å². The number of amides is 2. The Balaban J connectivity index is 1.37. The van der Waals surface area contributed by atoms with Crippen LogP contribution in [0.1, 0.15) is 54.4 Å². The quantitative estimate of drug-likeness (QED) is 0.779. The molecule has 0 bridgehead atoms. The van der Waals surface area contributed by atoms with Crippen LogP contribution >= 0.6 is 11.8 Å². The fourth-order valence-electron chi connectivity index (χ4n) is 3.47. The maximum absolute atomic E-state index is 12.3. The Bertz CT molecular complexity index is 584. The first-order chi connectivity index (χ1) is 11.7. The number of nitrogens with one attached hydrogen (secondary N) is 2. The van der Waals surface area contributed by atoms with Gasteiger partial charge in [0.15, 0.2) is 0 Å². The Kier molecular flexibility index (Phi) is 6.18. The van der Waals surface area contributed by atoms with Crippen LogP contribution in [0.25, 0.3) is 0 Å². The average Bonchev–Trinajstić information content (AvgIpc) is 2.62. The minimum atomic E-state index is -0.446. The first kappa shape index (κ1) is 17.3. The van der Waals surface area contributed by atoms with Crippen LogP contribution in [0, 0.1) is 0 Å². The third-order valence-corrected chi connectivity index (χ3v) is 6.30. The van der Waals surface area contributed by atoms with Crippen LogP contribution in [0.5, 0.6) is 0 Å². The van der Waals surface area contributed by atoms with Crippen molar-refractivity contribution in [1.82, 2.24) is 10.6 Å². The molecular weight excluding hydrogens is 320 g/mol. The second-order valence-electron chi connectivity index (χ2n) is 6.66. The first-order valence-electron chi connectivity index (χ1n) is 9.02. The van der Waals surface area contributed by atoms with Gasteiger partial charge in [-0.15, -0.1) is 0 Å². The second kappa shape index (κ2) is 8.56. The lowest BCUT2D eigenvalue weighted by atomic mass is 9.95. The summed E-state index contributed by atoms with van der Waals surface area (Å²) in [4.78, 5) is 24.3. The Hall–Kier alpha value is -1.49. The number of hydrogen-bond donors (Lipinski definition) is 2. The predicted octanol–water partition coefficient (Wildman–Crippen LogP) is 2.91. The zero-order valence-corrected chi connectivity index (χ0v) is 14.9. The van der Waals surface area contributed by atoms with Gasteiger partial charge in [-0.05, 0) is 36.6 Å². The zero-order valence-electron chi connectivity index (χ0n) is 14.1. The maximum atomic E-state index is 12.3. The molecule has 1 aliphatic carbocycles. The predicted molar refractivity (Wildman–Crippen MR) is 98.4 cm³/mol. The number of carbonyl (C=O) groups excluding carboxylic acids is 2. The lowest BCUT2D eigenvalue weighted by Gasteiger charge is -2.25. The summed E-state index contributed by atoms with van der Waals surface area (Å²) in [7, 11) is 0. The van der Waals surface area contributed by atoms with E-state index in [1.165, 1.54) is 32.1 Å². The van der Waals surface area contributed by atoms with E-state index in [1.807, 2.05) is 18.2 Å². The molecule has 3 rings (SSSR count). The molecule has 5 heteroatoms. The van der Waals surface area contributed by atoms with E-state index in [9.17, 15) is 9.59 Å². The van der Waals surface area contributed by atoms with Gasteiger partial charge < -0.3 is 10.6 Å². The van der Waals surface area contributed by atoms with Crippen molar-refractivity contribution in [2.24, 2.45) is 0 Å². The molecular formula is C19H26N2O2S. The van der Waals surface area contributed by atoms with E-state index in [1.54, 1.807) is 6.07 Å². The van der Waals surface area contributed by atoms with E-state index in [2.05, 4.69) is 22.4 Å². The van der Waals surface area contributed by atoms with Gasteiger partial charge in [0.1, 0.15) is 6.04 Å². The van der Waals surface area contributed by atoms with E-state index in [4.69, 9.17) is 0 Å². The lowest BCUT2D eigenvalue weighted by molar-refractivity contribution is -0.123. The molecule has 0 spiro atoms. The van der Waals surface area contributed by atoms with Gasteiger partial charge in [-0.3, -0.25) is 9.59 Å². The minimum absolute atomic E-state index is 0.0690. The molecule has 1 saturated carbocycles. The Morgan fingerprint density at radius 3 is 2.83 bits per heavy atom. The lowest BCUT2D eigenvalue weighted by Crippen LogP contribution is -2.51. The summed E-state index contributed by atoms with van der Waals surface area (Å²) in [5, 5.41) is 6.61. The monoisotopic (exact) mass is 346 g/mol. The molecule has 1 aromatic carbocycles. The van der Waals surface area contributed by atoms with Crippen molar-refractivity contribution in [3.63, 3.8) is 0 Å². The van der Waals surface area contributed by atoms with E-state index in [0.29, 0.717) is 18.5 Å². The molecule has 2 amide bonds. The van der Waals surface area contributed by atoms with Gasteiger partial charge in [-0.1, -0.05) is 37.5 Å². The molecule has 1 aromatic rings. The van der Waals surface area contributed by atoms with Gasteiger partial charge in [-0.2, -0.15) is 11.8 Å². The van der Waals surface area contributed by atoms with Gasteiger partial charge >= 0.3 is 0 Å². The summed E-state index contributed by atoms with van der Waals surface area (Å²) in [5.41, 5.74) is 1.64. The summed E-state index contributed by atoms with van der Waals surface area (Å²) in [6, 6.07) is 7.05. The highest BCUT2D eigenvalue weighted by molar-refractivity contribution is 7.99. The molecule has 1 aliphatic heterocycles. The van der Waals surface area contributed by atoms with Crippen LogP contribution in [0.15, 0.2) is 24.3 Å². The SMILES string of the molecule is O=C1N[C@@H](C(=O)NCCCSC2CCCCC2)Cc2ccccc21.